The summed E-state index contributed by atoms with van der Waals surface area (Å²) in [6.07, 6.45) is 3.50. The van der Waals surface area contributed by atoms with Crippen molar-refractivity contribution in [2.24, 2.45) is 5.73 Å². The van der Waals surface area contributed by atoms with Crippen LogP contribution in [0.5, 0.6) is 0 Å². The van der Waals surface area contributed by atoms with Crippen LogP contribution in [0.3, 0.4) is 0 Å². The van der Waals surface area contributed by atoms with Crippen LogP contribution in [0.2, 0.25) is 0 Å². The van der Waals surface area contributed by atoms with Gasteiger partial charge in [-0.2, -0.15) is 0 Å². The molecule has 25 heavy (non-hydrogen) atoms. The van der Waals surface area contributed by atoms with Crippen molar-refractivity contribution in [1.29, 1.82) is 0 Å². The Morgan fingerprint density at radius 3 is 2.64 bits per heavy atom. The number of benzene rings is 1. The summed E-state index contributed by atoms with van der Waals surface area (Å²) in [5.41, 5.74) is 9.16. The number of carbonyl (C=O) groups is 1. The van der Waals surface area contributed by atoms with Gasteiger partial charge in [0.05, 0.1) is 5.69 Å². The van der Waals surface area contributed by atoms with Gasteiger partial charge >= 0.3 is 0 Å². The predicted molar refractivity (Wildman–Crippen MR) is 104 cm³/mol. The summed E-state index contributed by atoms with van der Waals surface area (Å²) in [6.45, 7) is 2.54. The second-order valence-electron chi connectivity index (χ2n) is 5.62. The zero-order valence-electron chi connectivity index (χ0n) is 14.0. The molecule has 0 spiro atoms. The molecule has 0 saturated heterocycles. The zero-order chi connectivity index (χ0) is 17.6. The van der Waals surface area contributed by atoms with Crippen LogP contribution in [0.1, 0.15) is 40.8 Å². The Kier molecular flexibility index (Phi) is 5.91. The van der Waals surface area contributed by atoms with Crippen LogP contribution in [0.15, 0.2) is 35.0 Å². The fourth-order valence-electron chi connectivity index (χ4n) is 2.36. The van der Waals surface area contributed by atoms with Gasteiger partial charge in [-0.3, -0.25) is 10.1 Å². The second-order valence-corrected chi connectivity index (χ2v) is 7.42. The van der Waals surface area contributed by atoms with E-state index in [2.05, 4.69) is 46.5 Å². The van der Waals surface area contributed by atoms with E-state index in [1.165, 1.54) is 41.1 Å². The maximum atomic E-state index is 12.2. The molecular formula is C18H20N4OS2. The van der Waals surface area contributed by atoms with Crippen LogP contribution in [-0.2, 0) is 13.0 Å². The summed E-state index contributed by atoms with van der Waals surface area (Å²) in [5.74, 6) is -0.258. The highest BCUT2D eigenvalue weighted by Gasteiger charge is 2.13. The molecule has 1 aromatic carbocycles. The first-order chi connectivity index (χ1) is 12.2. The van der Waals surface area contributed by atoms with Gasteiger partial charge in [0, 0.05) is 22.9 Å². The van der Waals surface area contributed by atoms with E-state index in [1.807, 2.05) is 5.38 Å². The monoisotopic (exact) mass is 372 g/mol. The standard InChI is InChI=1S/C18H20N4OS2/c1-2-3-4-12-5-7-13(8-6-12)14-10-25-18(21-14)22-17(23)15-11-24-16(9-19)20-15/h5-8,10-11H,2-4,9,19H2,1H3,(H,21,22,23). The number of thiazole rings is 2. The van der Waals surface area contributed by atoms with Gasteiger partial charge in [0.25, 0.3) is 5.91 Å². The molecule has 0 fully saturated rings. The van der Waals surface area contributed by atoms with Crippen LogP contribution in [0.4, 0.5) is 5.13 Å². The zero-order valence-corrected chi connectivity index (χ0v) is 15.6. The van der Waals surface area contributed by atoms with E-state index in [1.54, 1.807) is 5.38 Å². The van der Waals surface area contributed by atoms with Crippen molar-refractivity contribution in [3.63, 3.8) is 0 Å². The number of carbonyl (C=O) groups excluding carboxylic acids is 1. The molecule has 0 atom stereocenters. The van der Waals surface area contributed by atoms with Gasteiger partial charge in [-0.05, 0) is 18.4 Å². The number of hydrogen-bond donors (Lipinski definition) is 2. The summed E-state index contributed by atoms with van der Waals surface area (Å²) >= 11 is 2.79. The minimum Gasteiger partial charge on any atom is -0.325 e. The molecule has 1 amide bonds. The van der Waals surface area contributed by atoms with Gasteiger partial charge < -0.3 is 5.73 Å². The quantitative estimate of drug-likeness (QED) is 0.647. The first kappa shape index (κ1) is 17.7. The fraction of sp³-hybridized carbons (Fsp3) is 0.278. The summed E-state index contributed by atoms with van der Waals surface area (Å²) in [7, 11) is 0. The van der Waals surface area contributed by atoms with Crippen molar-refractivity contribution in [3.05, 3.63) is 51.3 Å². The van der Waals surface area contributed by atoms with E-state index in [-0.39, 0.29) is 5.91 Å². The van der Waals surface area contributed by atoms with Gasteiger partial charge in [0.15, 0.2) is 5.13 Å². The summed E-state index contributed by atoms with van der Waals surface area (Å²) in [4.78, 5) is 20.9. The first-order valence-corrected chi connectivity index (χ1v) is 9.96. The molecule has 0 aliphatic carbocycles. The van der Waals surface area contributed by atoms with Crippen LogP contribution < -0.4 is 11.1 Å². The van der Waals surface area contributed by atoms with E-state index in [0.717, 1.165) is 22.7 Å². The lowest BCUT2D eigenvalue weighted by Gasteiger charge is -2.02. The number of rotatable bonds is 7. The number of anilines is 1. The fourth-order valence-corrected chi connectivity index (χ4v) is 3.73. The van der Waals surface area contributed by atoms with Gasteiger partial charge in [0.2, 0.25) is 0 Å². The third-order valence-corrected chi connectivity index (χ3v) is 5.38. The average molecular weight is 373 g/mol. The Hall–Kier alpha value is -2.09. The molecule has 0 saturated carbocycles. The number of aromatic nitrogens is 2. The van der Waals surface area contributed by atoms with E-state index < -0.39 is 0 Å². The van der Waals surface area contributed by atoms with Gasteiger partial charge in [-0.25, -0.2) is 9.97 Å². The Morgan fingerprint density at radius 1 is 1.16 bits per heavy atom. The predicted octanol–water partition coefficient (Wildman–Crippen LogP) is 4.32. The number of amides is 1. The molecule has 3 N–H and O–H groups in total. The molecule has 0 aliphatic rings. The third-order valence-electron chi connectivity index (χ3n) is 3.75. The van der Waals surface area contributed by atoms with E-state index >= 15 is 0 Å². The average Bonchev–Trinajstić information content (AvgIpc) is 3.30. The number of nitrogens with one attached hydrogen (secondary N) is 1. The number of nitrogens with two attached hydrogens (primary N) is 1. The Bertz CT molecular complexity index is 839. The van der Waals surface area contributed by atoms with Crippen LogP contribution in [0.25, 0.3) is 11.3 Å². The van der Waals surface area contributed by atoms with Crippen molar-refractivity contribution in [2.45, 2.75) is 32.7 Å². The highest BCUT2D eigenvalue weighted by atomic mass is 32.1. The van der Waals surface area contributed by atoms with Crippen LogP contribution in [-0.4, -0.2) is 15.9 Å². The van der Waals surface area contributed by atoms with Crippen LogP contribution >= 0.6 is 22.7 Å². The van der Waals surface area contributed by atoms with Crippen molar-refractivity contribution >= 4 is 33.7 Å². The smallest absolute Gasteiger partial charge is 0.276 e. The summed E-state index contributed by atoms with van der Waals surface area (Å²) < 4.78 is 0. The first-order valence-electron chi connectivity index (χ1n) is 8.20. The number of unbranched alkanes of at least 4 members (excludes halogenated alkanes) is 1. The number of hydrogen-bond acceptors (Lipinski definition) is 6. The largest absolute Gasteiger partial charge is 0.325 e. The molecule has 0 bridgehead atoms. The SMILES string of the molecule is CCCCc1ccc(-c2csc(NC(=O)c3csc(CN)n3)n2)cc1. The molecule has 3 aromatic rings. The topological polar surface area (TPSA) is 80.9 Å². The van der Waals surface area contributed by atoms with Crippen molar-refractivity contribution in [3.8, 4) is 11.3 Å². The van der Waals surface area contributed by atoms with Gasteiger partial charge in [-0.1, -0.05) is 37.6 Å². The molecule has 5 nitrogen and oxygen atoms in total. The molecule has 0 aliphatic heterocycles. The molecule has 7 heteroatoms. The van der Waals surface area contributed by atoms with E-state index in [9.17, 15) is 4.79 Å². The maximum absolute atomic E-state index is 12.2. The van der Waals surface area contributed by atoms with Crippen molar-refractivity contribution < 1.29 is 4.79 Å². The minimum absolute atomic E-state index is 0.258. The summed E-state index contributed by atoms with van der Waals surface area (Å²) in [5, 5.41) is 7.76. The van der Waals surface area contributed by atoms with Crippen LogP contribution in [0, 0.1) is 0 Å². The molecule has 0 unspecified atom stereocenters. The third kappa shape index (κ3) is 4.50. The van der Waals surface area contributed by atoms with E-state index in [4.69, 9.17) is 5.73 Å². The Labute approximate surface area is 155 Å². The lowest BCUT2D eigenvalue weighted by molar-refractivity contribution is 0.102. The highest BCUT2D eigenvalue weighted by molar-refractivity contribution is 7.14. The van der Waals surface area contributed by atoms with E-state index in [0.29, 0.717) is 17.4 Å². The van der Waals surface area contributed by atoms with Crippen molar-refractivity contribution in [1.82, 2.24) is 9.97 Å². The molecule has 0 radical (unpaired) electrons. The summed E-state index contributed by atoms with van der Waals surface area (Å²) in [6, 6.07) is 8.46. The Morgan fingerprint density at radius 2 is 1.96 bits per heavy atom. The van der Waals surface area contributed by atoms with Gasteiger partial charge in [0.1, 0.15) is 10.7 Å². The van der Waals surface area contributed by atoms with Crippen molar-refractivity contribution in [2.75, 3.05) is 5.32 Å². The lowest BCUT2D eigenvalue weighted by atomic mass is 10.1. The minimum atomic E-state index is -0.258. The second kappa shape index (κ2) is 8.33. The maximum Gasteiger partial charge on any atom is 0.276 e. The number of nitrogens with zero attached hydrogens (tertiary/aromatic N) is 2. The molecule has 3 rings (SSSR count). The lowest BCUT2D eigenvalue weighted by Crippen LogP contribution is -2.12. The Balaban J connectivity index is 1.66. The normalized spacial score (nSPS) is 10.8. The van der Waals surface area contributed by atoms with Gasteiger partial charge in [-0.15, -0.1) is 22.7 Å². The molecule has 2 aromatic heterocycles. The molecule has 2 heterocycles. The molecular weight excluding hydrogens is 352 g/mol. The number of aryl methyl sites for hydroxylation is 1. The highest BCUT2D eigenvalue weighted by Crippen LogP contribution is 2.26. The molecule has 130 valence electrons.